The lowest BCUT2D eigenvalue weighted by Crippen LogP contribution is -2.62. The molecule has 1 heterocycles. The van der Waals surface area contributed by atoms with Crippen LogP contribution in [-0.4, -0.2) is 49.1 Å². The number of hydrogen-bond acceptors (Lipinski definition) is 6. The second-order valence-electron chi connectivity index (χ2n) is 10.6. The van der Waals surface area contributed by atoms with Crippen LogP contribution in [0.4, 0.5) is 10.5 Å². The number of nitrogens with one attached hydrogen (secondary N) is 2. The minimum Gasteiger partial charge on any atom is -0.494 e. The van der Waals surface area contributed by atoms with Crippen LogP contribution >= 0.6 is 0 Å². The highest BCUT2D eigenvalue weighted by molar-refractivity contribution is 6.00. The third kappa shape index (κ3) is 5.13. The van der Waals surface area contributed by atoms with Gasteiger partial charge in [-0.3, -0.25) is 19.7 Å². The van der Waals surface area contributed by atoms with Crippen molar-refractivity contribution in [1.82, 2.24) is 10.6 Å². The molecule has 4 amide bonds. The van der Waals surface area contributed by atoms with Crippen molar-refractivity contribution >= 4 is 29.5 Å². The number of benzene rings is 1. The molecule has 4 bridgehead atoms. The van der Waals surface area contributed by atoms with Gasteiger partial charge in [0, 0.05) is 24.2 Å². The van der Waals surface area contributed by atoms with Crippen molar-refractivity contribution in [3.05, 3.63) is 24.3 Å². The lowest BCUT2D eigenvalue weighted by Gasteiger charge is -2.56. The molecule has 35 heavy (non-hydrogen) atoms. The Balaban J connectivity index is 1.07. The first kappa shape index (κ1) is 23.6. The Morgan fingerprint density at radius 2 is 1.66 bits per heavy atom. The average molecular weight is 484 g/mol. The molecule has 1 unspecified atom stereocenters. The Morgan fingerprint density at radius 3 is 2.26 bits per heavy atom. The average Bonchev–Trinajstić information content (AvgIpc) is 3.18. The van der Waals surface area contributed by atoms with Gasteiger partial charge in [-0.2, -0.15) is 0 Å². The molecule has 4 aliphatic carbocycles. The Bertz CT molecular complexity index is 972. The minimum atomic E-state index is -0.673. The second kappa shape index (κ2) is 9.51. The third-order valence-electron chi connectivity index (χ3n) is 7.93. The van der Waals surface area contributed by atoms with E-state index in [-0.39, 0.29) is 24.4 Å². The number of carbonyl (C=O) groups is 4. The van der Waals surface area contributed by atoms with Gasteiger partial charge >= 0.3 is 12.0 Å². The molecule has 1 atom stereocenters. The molecule has 6 rings (SSSR count). The molecule has 4 saturated carbocycles. The van der Waals surface area contributed by atoms with Crippen molar-refractivity contribution in [2.24, 2.45) is 23.7 Å². The molecule has 1 aromatic rings. The Kier molecular flexibility index (Phi) is 6.42. The first-order valence-corrected chi connectivity index (χ1v) is 12.6. The van der Waals surface area contributed by atoms with Crippen LogP contribution in [0.1, 0.15) is 51.9 Å². The summed E-state index contributed by atoms with van der Waals surface area (Å²) in [5.41, 5.74) is 0.470. The van der Waals surface area contributed by atoms with E-state index in [4.69, 9.17) is 9.47 Å². The van der Waals surface area contributed by atoms with E-state index >= 15 is 0 Å². The van der Waals surface area contributed by atoms with Gasteiger partial charge in [0.05, 0.1) is 12.5 Å². The molecule has 2 N–H and O–H groups in total. The number of hydrogen-bond donors (Lipinski definition) is 2. The molecule has 5 fully saturated rings. The first-order valence-electron chi connectivity index (χ1n) is 12.6. The molecule has 188 valence electrons. The molecule has 1 aliphatic heterocycles. The monoisotopic (exact) mass is 483 g/mol. The van der Waals surface area contributed by atoms with Crippen molar-refractivity contribution in [3.63, 3.8) is 0 Å². The summed E-state index contributed by atoms with van der Waals surface area (Å²) in [4.78, 5) is 51.2. The summed E-state index contributed by atoms with van der Waals surface area (Å²) in [6.45, 7) is 2.07. The number of urea groups is 1. The van der Waals surface area contributed by atoms with E-state index in [0.717, 1.165) is 19.3 Å². The van der Waals surface area contributed by atoms with Crippen molar-refractivity contribution in [2.45, 2.75) is 57.4 Å². The Hall–Kier alpha value is -3.10. The maximum atomic E-state index is 12.5. The summed E-state index contributed by atoms with van der Waals surface area (Å²) in [5.74, 6) is 0.588. The molecular formula is C26H33N3O6. The quantitative estimate of drug-likeness (QED) is 0.577. The maximum Gasteiger partial charge on any atom is 0.321 e. The number of nitrogens with zero attached hydrogens (tertiary/aromatic N) is 1. The Labute approximate surface area is 204 Å². The number of imide groups is 1. The third-order valence-corrected chi connectivity index (χ3v) is 7.93. The van der Waals surface area contributed by atoms with E-state index in [1.54, 1.807) is 24.3 Å². The zero-order chi connectivity index (χ0) is 24.6. The maximum absolute atomic E-state index is 12.5. The van der Waals surface area contributed by atoms with Crippen molar-refractivity contribution in [3.8, 4) is 5.75 Å². The zero-order valence-corrected chi connectivity index (χ0v) is 20.1. The number of ether oxygens (including phenoxy) is 2. The zero-order valence-electron chi connectivity index (χ0n) is 20.1. The van der Waals surface area contributed by atoms with Crippen LogP contribution in [0.25, 0.3) is 0 Å². The van der Waals surface area contributed by atoms with Gasteiger partial charge in [0.15, 0.2) is 6.61 Å². The van der Waals surface area contributed by atoms with Gasteiger partial charge in [-0.05, 0) is 87.5 Å². The number of amides is 4. The van der Waals surface area contributed by atoms with E-state index < -0.39 is 30.4 Å². The molecular weight excluding hydrogens is 450 g/mol. The van der Waals surface area contributed by atoms with Gasteiger partial charge in [-0.25, -0.2) is 4.79 Å². The summed E-state index contributed by atoms with van der Waals surface area (Å²) in [6.07, 6.45) is 6.74. The largest absolute Gasteiger partial charge is 0.494 e. The summed E-state index contributed by atoms with van der Waals surface area (Å²) < 4.78 is 10.6. The van der Waals surface area contributed by atoms with Crippen LogP contribution in [0.5, 0.6) is 5.75 Å². The highest BCUT2D eigenvalue weighted by Gasteiger charge is 2.51. The highest BCUT2D eigenvalue weighted by atomic mass is 16.5. The van der Waals surface area contributed by atoms with E-state index in [0.29, 0.717) is 35.8 Å². The van der Waals surface area contributed by atoms with Gasteiger partial charge < -0.3 is 19.7 Å². The van der Waals surface area contributed by atoms with E-state index in [2.05, 4.69) is 10.6 Å². The minimum absolute atomic E-state index is 0.0141. The normalized spacial score (nSPS) is 30.8. The number of esters is 1. The second-order valence-corrected chi connectivity index (χ2v) is 10.6. The summed E-state index contributed by atoms with van der Waals surface area (Å²) in [6, 6.07) is 6.57. The smallest absolute Gasteiger partial charge is 0.321 e. The van der Waals surface area contributed by atoms with Crippen LogP contribution in [0.2, 0.25) is 0 Å². The predicted octanol–water partition coefficient (Wildman–Crippen LogP) is 2.78. The molecule has 5 aliphatic rings. The molecule has 9 heteroatoms. The van der Waals surface area contributed by atoms with Gasteiger partial charge in [-0.15, -0.1) is 0 Å². The fraction of sp³-hybridized carbons (Fsp3) is 0.615. The van der Waals surface area contributed by atoms with Gasteiger partial charge in [-0.1, -0.05) is 0 Å². The summed E-state index contributed by atoms with van der Waals surface area (Å²) in [7, 11) is 0. The lowest BCUT2D eigenvalue weighted by molar-refractivity contribution is -0.152. The lowest BCUT2D eigenvalue weighted by atomic mass is 9.53. The van der Waals surface area contributed by atoms with Gasteiger partial charge in [0.25, 0.3) is 5.91 Å². The SMILES string of the molecule is CCOc1ccc(N2CC(C(=O)OCC(=O)NC(=O)NC34CC5CC(CC(C5)C3)C4)CC2=O)cc1. The summed E-state index contributed by atoms with van der Waals surface area (Å²) in [5, 5.41) is 5.37. The molecule has 9 nitrogen and oxygen atoms in total. The van der Waals surface area contributed by atoms with E-state index in [9.17, 15) is 19.2 Å². The van der Waals surface area contributed by atoms with Crippen LogP contribution in [-0.2, 0) is 19.1 Å². The van der Waals surface area contributed by atoms with Crippen molar-refractivity contribution in [1.29, 1.82) is 0 Å². The first-order chi connectivity index (χ1) is 16.8. The molecule has 0 spiro atoms. The van der Waals surface area contributed by atoms with Crippen LogP contribution < -0.4 is 20.3 Å². The van der Waals surface area contributed by atoms with E-state index in [1.165, 1.54) is 24.2 Å². The Morgan fingerprint density at radius 1 is 1.03 bits per heavy atom. The van der Waals surface area contributed by atoms with Crippen LogP contribution in [0.15, 0.2) is 24.3 Å². The van der Waals surface area contributed by atoms with E-state index in [1.807, 2.05) is 6.92 Å². The van der Waals surface area contributed by atoms with Gasteiger partial charge in [0.2, 0.25) is 5.91 Å². The number of rotatable bonds is 7. The van der Waals surface area contributed by atoms with Crippen molar-refractivity contribution < 1.29 is 28.7 Å². The topological polar surface area (TPSA) is 114 Å². The van der Waals surface area contributed by atoms with Crippen LogP contribution in [0, 0.1) is 23.7 Å². The fourth-order valence-electron chi connectivity index (χ4n) is 6.96. The standard InChI is InChI=1S/C26H33N3O6/c1-2-34-21-5-3-20(4-6-21)29-14-19(10-23(29)31)24(32)35-15-22(30)27-25(33)28-26-11-16-7-17(12-26)9-18(8-16)13-26/h3-6,16-19H,2,7-15H2,1H3,(H2,27,28,30,33). The molecule has 0 radical (unpaired) electrons. The summed E-state index contributed by atoms with van der Waals surface area (Å²) >= 11 is 0. The van der Waals surface area contributed by atoms with Crippen molar-refractivity contribution in [2.75, 3.05) is 24.7 Å². The predicted molar refractivity (Wildman–Crippen MR) is 127 cm³/mol. The number of carbonyl (C=O) groups excluding carboxylic acids is 4. The van der Waals surface area contributed by atoms with Crippen LogP contribution in [0.3, 0.4) is 0 Å². The molecule has 1 saturated heterocycles. The van der Waals surface area contributed by atoms with Gasteiger partial charge in [0.1, 0.15) is 5.75 Å². The fourth-order valence-corrected chi connectivity index (χ4v) is 6.96. The highest BCUT2D eigenvalue weighted by Crippen LogP contribution is 2.55. The molecule has 1 aromatic carbocycles. The number of anilines is 1. The molecule has 0 aromatic heterocycles.